The van der Waals surface area contributed by atoms with Gasteiger partial charge in [0.05, 0.1) is 7.11 Å². The molecule has 2 atom stereocenters. The summed E-state index contributed by atoms with van der Waals surface area (Å²) in [5.74, 6) is -0.675. The number of nitrogens with one attached hydrogen (secondary N) is 3. The molecule has 0 spiro atoms. The molecule has 0 fully saturated rings. The van der Waals surface area contributed by atoms with Gasteiger partial charge in [-0.1, -0.05) is 56.5 Å². The van der Waals surface area contributed by atoms with Crippen LogP contribution in [0.1, 0.15) is 123 Å². The number of hydrogen-bond donors (Lipinski definition) is 3. The zero-order chi connectivity index (χ0) is 47.3. The van der Waals surface area contributed by atoms with E-state index in [1.807, 2.05) is 30.3 Å². The van der Waals surface area contributed by atoms with Crippen LogP contribution in [0, 0.1) is 0 Å². The SMILES string of the molecule is CCCCCC(NC(=O)c1coc(-c2coc(-c3coc(C(CCCCNC(=O)OC(C)(C)C)NC(=O)OCc4ccccc4)n3)n2)n1)c1nc(-c2nc(-c3nc(C(=O)OC)co3)co2)co1. The molecule has 3 N–H and O–H groups in total. The van der Waals surface area contributed by atoms with E-state index < -0.39 is 41.7 Å². The normalized spacial score (nSPS) is 12.3. The fourth-order valence-corrected chi connectivity index (χ4v) is 6.39. The molecule has 3 amide bonds. The van der Waals surface area contributed by atoms with Crippen molar-refractivity contribution in [2.24, 2.45) is 0 Å². The lowest BCUT2D eigenvalue weighted by Gasteiger charge is -2.19. The second-order valence-corrected chi connectivity index (χ2v) is 16.0. The minimum Gasteiger partial charge on any atom is -0.464 e. The van der Waals surface area contributed by atoms with Crippen LogP contribution in [0.3, 0.4) is 0 Å². The first-order valence-electron chi connectivity index (χ1n) is 21.4. The molecular formula is C45H49N9O13. The number of nitrogens with zero attached hydrogens (tertiary/aromatic N) is 6. The van der Waals surface area contributed by atoms with Gasteiger partial charge in [0.2, 0.25) is 35.3 Å². The van der Waals surface area contributed by atoms with Crippen LogP contribution in [0.4, 0.5) is 9.59 Å². The number of rotatable bonds is 21. The molecule has 0 bridgehead atoms. The molecule has 7 rings (SSSR count). The Hall–Kier alpha value is -8.04. The third kappa shape index (κ3) is 12.8. The molecule has 0 radical (unpaired) electrons. The Bertz CT molecular complexity index is 2720. The number of methoxy groups -OCH3 is 1. The zero-order valence-corrected chi connectivity index (χ0v) is 37.4. The number of carbonyl (C=O) groups excluding carboxylic acids is 4. The van der Waals surface area contributed by atoms with Crippen LogP contribution in [0.15, 0.2) is 94.4 Å². The Balaban J connectivity index is 0.989. The maximum absolute atomic E-state index is 13.6. The fourth-order valence-electron chi connectivity index (χ4n) is 6.39. The molecule has 0 saturated carbocycles. The highest BCUT2D eigenvalue weighted by Crippen LogP contribution is 2.30. The number of aromatic nitrogens is 6. The summed E-state index contributed by atoms with van der Waals surface area (Å²) in [7, 11) is 1.23. The lowest BCUT2D eigenvalue weighted by molar-refractivity contribution is 0.0525. The second kappa shape index (κ2) is 21.8. The van der Waals surface area contributed by atoms with Crippen LogP contribution >= 0.6 is 0 Å². The van der Waals surface area contributed by atoms with Gasteiger partial charge in [-0.15, -0.1) is 0 Å². The van der Waals surface area contributed by atoms with Crippen LogP contribution in [0.5, 0.6) is 0 Å². The van der Waals surface area contributed by atoms with E-state index in [1.165, 1.54) is 38.4 Å². The van der Waals surface area contributed by atoms with E-state index in [9.17, 15) is 19.2 Å². The lowest BCUT2D eigenvalue weighted by atomic mass is 10.1. The van der Waals surface area contributed by atoms with Crippen LogP contribution in [0.25, 0.3) is 46.3 Å². The molecule has 7 aromatic rings. The van der Waals surface area contributed by atoms with Crippen LogP contribution in [0.2, 0.25) is 0 Å². The number of alkyl carbamates (subject to hydrolysis) is 2. The third-order valence-electron chi connectivity index (χ3n) is 9.65. The Morgan fingerprint density at radius 3 is 1.73 bits per heavy atom. The highest BCUT2D eigenvalue weighted by molar-refractivity contribution is 5.92. The lowest BCUT2D eigenvalue weighted by Crippen LogP contribution is -2.33. The summed E-state index contributed by atoms with van der Waals surface area (Å²) in [6, 6.07) is 7.88. The van der Waals surface area contributed by atoms with Crippen LogP contribution in [-0.2, 0) is 20.8 Å². The van der Waals surface area contributed by atoms with Crippen LogP contribution < -0.4 is 16.0 Å². The van der Waals surface area contributed by atoms with E-state index in [1.54, 1.807) is 20.8 Å². The predicted octanol–water partition coefficient (Wildman–Crippen LogP) is 8.78. The number of unbranched alkanes of at least 4 members (excludes halogenated alkanes) is 3. The third-order valence-corrected chi connectivity index (χ3v) is 9.65. The van der Waals surface area contributed by atoms with E-state index in [0.29, 0.717) is 32.2 Å². The number of oxazole rings is 6. The fraction of sp³-hybridized carbons (Fsp3) is 0.378. The van der Waals surface area contributed by atoms with E-state index >= 15 is 0 Å². The maximum Gasteiger partial charge on any atom is 0.408 e. The molecule has 1 aromatic carbocycles. The first-order valence-corrected chi connectivity index (χ1v) is 21.4. The average molecular weight is 924 g/mol. The van der Waals surface area contributed by atoms with Crippen molar-refractivity contribution in [3.8, 4) is 46.3 Å². The summed E-state index contributed by atoms with van der Waals surface area (Å²) in [6.45, 7) is 7.82. The molecule has 0 aliphatic rings. The summed E-state index contributed by atoms with van der Waals surface area (Å²) >= 11 is 0. The van der Waals surface area contributed by atoms with Gasteiger partial charge < -0.3 is 56.7 Å². The molecule has 67 heavy (non-hydrogen) atoms. The smallest absolute Gasteiger partial charge is 0.408 e. The van der Waals surface area contributed by atoms with Crippen molar-refractivity contribution in [3.05, 3.63) is 96.6 Å². The van der Waals surface area contributed by atoms with Gasteiger partial charge in [0.25, 0.3) is 5.91 Å². The molecule has 22 nitrogen and oxygen atoms in total. The van der Waals surface area contributed by atoms with Gasteiger partial charge in [-0.2, -0.15) is 0 Å². The molecule has 352 valence electrons. The van der Waals surface area contributed by atoms with Gasteiger partial charge in [0.15, 0.2) is 34.2 Å². The number of amides is 3. The number of ether oxygens (including phenoxy) is 3. The molecule has 0 saturated heterocycles. The zero-order valence-electron chi connectivity index (χ0n) is 37.4. The van der Waals surface area contributed by atoms with E-state index in [4.69, 9.17) is 36.0 Å². The van der Waals surface area contributed by atoms with Gasteiger partial charge in [-0.25, -0.2) is 44.3 Å². The number of benzene rings is 1. The van der Waals surface area contributed by atoms with Gasteiger partial charge >= 0.3 is 18.2 Å². The Morgan fingerprint density at radius 1 is 0.612 bits per heavy atom. The molecule has 0 aliphatic carbocycles. The van der Waals surface area contributed by atoms with Crippen molar-refractivity contribution in [3.63, 3.8) is 0 Å². The van der Waals surface area contributed by atoms with Crippen molar-refractivity contribution >= 4 is 24.1 Å². The van der Waals surface area contributed by atoms with Crippen molar-refractivity contribution in [1.29, 1.82) is 0 Å². The largest absolute Gasteiger partial charge is 0.464 e. The Labute approximate surface area is 382 Å². The van der Waals surface area contributed by atoms with Crippen molar-refractivity contribution in [1.82, 2.24) is 45.9 Å². The van der Waals surface area contributed by atoms with E-state index in [2.05, 4.69) is 57.5 Å². The molecule has 0 aliphatic heterocycles. The quantitative estimate of drug-likeness (QED) is 0.0344. The maximum atomic E-state index is 13.6. The summed E-state index contributed by atoms with van der Waals surface area (Å²) in [4.78, 5) is 76.7. The number of esters is 1. The van der Waals surface area contributed by atoms with Gasteiger partial charge in [0, 0.05) is 6.54 Å². The number of carbonyl (C=O) groups is 4. The van der Waals surface area contributed by atoms with E-state index in [0.717, 1.165) is 31.1 Å². The van der Waals surface area contributed by atoms with E-state index in [-0.39, 0.29) is 76.1 Å². The molecule has 22 heteroatoms. The van der Waals surface area contributed by atoms with Gasteiger partial charge in [-0.05, 0) is 52.0 Å². The Morgan fingerprint density at radius 2 is 1.13 bits per heavy atom. The summed E-state index contributed by atoms with van der Waals surface area (Å²) in [5, 5.41) is 8.48. The van der Waals surface area contributed by atoms with Crippen molar-refractivity contribution < 1.29 is 59.9 Å². The van der Waals surface area contributed by atoms with Crippen molar-refractivity contribution in [2.45, 2.75) is 96.9 Å². The van der Waals surface area contributed by atoms with Gasteiger partial charge in [-0.3, -0.25) is 4.79 Å². The summed E-state index contributed by atoms with van der Waals surface area (Å²) in [5.41, 5.74) is 0.967. The summed E-state index contributed by atoms with van der Waals surface area (Å²) < 4.78 is 49.3. The standard InChI is InChI=1S/C45H49N9O13/c1-6-7-9-16-27(36-49-31(21-61-36)39-52-33(24-64-39)41-53-34(25-65-41)42(56)59-5)47-35(55)29-20-60-38(48-29)30-23-63-40(51-30)32-22-62-37(50-32)28(17-12-13-18-46-43(57)67-45(2,3)4)54-44(58)66-19-26-14-10-8-11-15-26/h8,10-11,14-15,20-25,27-28H,6-7,9,12-13,16-19H2,1-5H3,(H,46,57)(H,47,55)(H,54,58). The highest BCUT2D eigenvalue weighted by atomic mass is 16.6. The predicted molar refractivity (Wildman–Crippen MR) is 231 cm³/mol. The summed E-state index contributed by atoms with van der Waals surface area (Å²) in [6.07, 6.45) is 11.0. The molecule has 6 aromatic heterocycles. The topological polar surface area (TPSA) is 288 Å². The first-order chi connectivity index (χ1) is 32.3. The highest BCUT2D eigenvalue weighted by Gasteiger charge is 2.27. The Kier molecular flexibility index (Phi) is 15.2. The number of hydrogen-bond acceptors (Lipinski definition) is 19. The van der Waals surface area contributed by atoms with Gasteiger partial charge in [0.1, 0.15) is 61.9 Å². The first kappa shape index (κ1) is 46.9. The monoisotopic (exact) mass is 923 g/mol. The second-order valence-electron chi connectivity index (χ2n) is 16.0. The van der Waals surface area contributed by atoms with Crippen LogP contribution in [-0.4, -0.2) is 73.2 Å². The average Bonchev–Trinajstić information content (AvgIpc) is 4.17. The molecule has 6 heterocycles. The molecule has 2 unspecified atom stereocenters. The minimum absolute atomic E-state index is 0.00467. The molecular weight excluding hydrogens is 875 g/mol. The van der Waals surface area contributed by atoms with Crippen molar-refractivity contribution in [2.75, 3.05) is 13.7 Å². The minimum atomic E-state index is -0.710.